The molecular weight excluding hydrogens is 340 g/mol. The minimum atomic E-state index is -0.312. The summed E-state index contributed by atoms with van der Waals surface area (Å²) in [5.74, 6) is 2.52. The molecule has 5 rings (SSSR count). The van der Waals surface area contributed by atoms with Crippen molar-refractivity contribution in [3.8, 4) is 0 Å². The molecule has 2 N–H and O–H groups in total. The Morgan fingerprint density at radius 2 is 1.12 bits per heavy atom. The van der Waals surface area contributed by atoms with E-state index in [0.29, 0.717) is 34.4 Å². The summed E-state index contributed by atoms with van der Waals surface area (Å²) in [5.41, 5.74) is 1.22. The van der Waals surface area contributed by atoms with Gasteiger partial charge < -0.3 is 19.5 Å². The lowest BCUT2D eigenvalue weighted by atomic mass is 10.2. The molecule has 2 aromatic heterocycles. The number of amides is 2. The van der Waals surface area contributed by atoms with Crippen LogP contribution in [0, 0.1) is 0 Å². The molecule has 0 radical (unpaired) electrons. The maximum atomic E-state index is 12.2. The number of benzene rings is 1. The predicted octanol–water partition coefficient (Wildman–Crippen LogP) is 4.12. The van der Waals surface area contributed by atoms with Gasteiger partial charge in [0.1, 0.15) is 11.5 Å². The second-order valence-corrected chi connectivity index (χ2v) is 6.50. The highest BCUT2D eigenvalue weighted by atomic mass is 32.2. The first-order valence-electron chi connectivity index (χ1n) is 7.65. The summed E-state index contributed by atoms with van der Waals surface area (Å²) < 4.78 is 11.2. The van der Waals surface area contributed by atoms with Gasteiger partial charge in [-0.2, -0.15) is 0 Å². The third-order valence-corrected chi connectivity index (χ3v) is 4.64. The van der Waals surface area contributed by atoms with Crippen molar-refractivity contribution < 1.29 is 18.4 Å². The van der Waals surface area contributed by atoms with E-state index in [4.69, 9.17) is 8.83 Å². The Morgan fingerprint density at radius 1 is 0.680 bits per heavy atom. The number of anilines is 2. The number of nitrogens with one attached hydrogen (secondary N) is 2. The van der Waals surface area contributed by atoms with Crippen molar-refractivity contribution in [1.82, 2.24) is 0 Å². The average Bonchev–Trinajstić information content (AvgIpc) is 3.26. The van der Waals surface area contributed by atoms with Crippen LogP contribution in [0.4, 0.5) is 11.4 Å². The summed E-state index contributed by atoms with van der Waals surface area (Å²) in [4.78, 5) is 24.4. The summed E-state index contributed by atoms with van der Waals surface area (Å²) in [6, 6.07) is 13.7. The number of furan rings is 2. The Morgan fingerprint density at radius 3 is 1.56 bits per heavy atom. The van der Waals surface area contributed by atoms with E-state index in [1.54, 1.807) is 60.3 Å². The molecule has 0 fully saturated rings. The van der Waals surface area contributed by atoms with Gasteiger partial charge in [-0.15, -0.1) is 11.8 Å². The van der Waals surface area contributed by atoms with E-state index >= 15 is 0 Å². The largest absolute Gasteiger partial charge is 0.455 e. The lowest BCUT2D eigenvalue weighted by molar-refractivity contribution is 0.0988. The lowest BCUT2D eigenvalue weighted by Crippen LogP contribution is -2.12. The Balaban J connectivity index is 1.65. The van der Waals surface area contributed by atoms with E-state index in [-0.39, 0.29) is 23.3 Å². The molecule has 0 saturated carbocycles. The molecule has 0 aliphatic carbocycles. The Bertz CT molecular complexity index is 851. The Kier molecular flexibility index (Phi) is 4.07. The van der Waals surface area contributed by atoms with Crippen LogP contribution in [-0.2, 0) is 11.5 Å². The van der Waals surface area contributed by atoms with E-state index < -0.39 is 0 Å². The van der Waals surface area contributed by atoms with E-state index in [1.807, 2.05) is 0 Å². The molecule has 7 heteroatoms. The molecule has 2 aliphatic heterocycles. The van der Waals surface area contributed by atoms with Crippen LogP contribution >= 0.6 is 11.8 Å². The normalized spacial score (nSPS) is 14.7. The highest BCUT2D eigenvalue weighted by Crippen LogP contribution is 2.23. The summed E-state index contributed by atoms with van der Waals surface area (Å²) >= 11 is 1.58. The van der Waals surface area contributed by atoms with Crippen LogP contribution in [0.2, 0.25) is 0 Å². The molecule has 6 nitrogen and oxygen atoms in total. The van der Waals surface area contributed by atoms with Crippen molar-refractivity contribution in [2.45, 2.75) is 11.5 Å². The van der Waals surface area contributed by atoms with Gasteiger partial charge >= 0.3 is 0 Å². The van der Waals surface area contributed by atoms with Gasteiger partial charge in [0.25, 0.3) is 11.8 Å². The molecule has 25 heavy (non-hydrogen) atoms. The van der Waals surface area contributed by atoms with Gasteiger partial charge in [0, 0.05) is 11.4 Å². The SMILES string of the molecule is O=C1Nc2ccc(cc2)NC(=O)c2ccc(o2)CSCc2ccc1o2. The Labute approximate surface area is 147 Å². The highest BCUT2D eigenvalue weighted by molar-refractivity contribution is 7.97. The van der Waals surface area contributed by atoms with Crippen LogP contribution in [0.1, 0.15) is 32.6 Å². The van der Waals surface area contributed by atoms with Crippen molar-refractivity contribution in [1.29, 1.82) is 0 Å². The van der Waals surface area contributed by atoms with Crippen LogP contribution in [-0.4, -0.2) is 11.8 Å². The van der Waals surface area contributed by atoms with Crippen molar-refractivity contribution in [3.05, 3.63) is 71.6 Å². The average molecular weight is 354 g/mol. The maximum Gasteiger partial charge on any atom is 0.291 e. The van der Waals surface area contributed by atoms with Crippen molar-refractivity contribution >= 4 is 35.0 Å². The molecule has 6 bridgehead atoms. The van der Waals surface area contributed by atoms with Gasteiger partial charge in [-0.1, -0.05) is 0 Å². The van der Waals surface area contributed by atoms with Crippen LogP contribution in [0.3, 0.4) is 0 Å². The van der Waals surface area contributed by atoms with Crippen molar-refractivity contribution in [3.63, 3.8) is 0 Å². The number of hydrogen-bond donors (Lipinski definition) is 2. The summed E-state index contributed by atoms with van der Waals surface area (Å²) in [5, 5.41) is 5.53. The van der Waals surface area contributed by atoms with Gasteiger partial charge in [0.2, 0.25) is 0 Å². The van der Waals surface area contributed by atoms with E-state index in [1.165, 1.54) is 0 Å². The lowest BCUT2D eigenvalue weighted by Gasteiger charge is -2.06. The number of fused-ring (bicyclic) bond motifs is 6. The van der Waals surface area contributed by atoms with Crippen LogP contribution < -0.4 is 10.6 Å². The molecule has 4 heterocycles. The second kappa shape index (κ2) is 6.52. The number of carbonyl (C=O) groups excluding carboxylic acids is 2. The standard InChI is InChI=1S/C18H14N2O4S/c21-17-15-7-5-13(23-15)9-25-10-14-6-8-16(24-14)18(22)20-12-2-1-11(19-17)3-4-12/h1-8H,9-10H2,(H,19,21)(H,20,22). The topological polar surface area (TPSA) is 84.5 Å². The molecule has 2 amide bonds. The van der Waals surface area contributed by atoms with Gasteiger partial charge in [-0.05, 0) is 48.5 Å². The smallest absolute Gasteiger partial charge is 0.291 e. The minimum Gasteiger partial charge on any atom is -0.455 e. The van der Waals surface area contributed by atoms with Crippen LogP contribution in [0.15, 0.2) is 57.4 Å². The maximum absolute atomic E-state index is 12.2. The first-order valence-corrected chi connectivity index (χ1v) is 8.81. The highest BCUT2D eigenvalue weighted by Gasteiger charge is 2.15. The predicted molar refractivity (Wildman–Crippen MR) is 94.8 cm³/mol. The second-order valence-electron chi connectivity index (χ2n) is 5.51. The zero-order valence-corrected chi connectivity index (χ0v) is 13.9. The number of rotatable bonds is 0. The first kappa shape index (κ1) is 15.6. The monoisotopic (exact) mass is 354 g/mol. The fourth-order valence-corrected chi connectivity index (χ4v) is 3.24. The fraction of sp³-hybridized carbons (Fsp3) is 0.111. The zero-order chi connectivity index (χ0) is 17.2. The summed E-state index contributed by atoms with van der Waals surface area (Å²) in [6.45, 7) is 0. The van der Waals surface area contributed by atoms with Crippen molar-refractivity contribution in [2.24, 2.45) is 0 Å². The molecule has 0 spiro atoms. The van der Waals surface area contributed by atoms with E-state index in [0.717, 1.165) is 0 Å². The number of hydrogen-bond acceptors (Lipinski definition) is 5. The molecule has 0 unspecified atom stereocenters. The third-order valence-electron chi connectivity index (χ3n) is 3.66. The zero-order valence-electron chi connectivity index (χ0n) is 13.1. The molecule has 0 saturated heterocycles. The summed E-state index contributed by atoms with van der Waals surface area (Å²) in [7, 11) is 0. The summed E-state index contributed by atoms with van der Waals surface area (Å²) in [6.07, 6.45) is 0. The molecule has 1 aromatic carbocycles. The quantitative estimate of drug-likeness (QED) is 0.634. The molecule has 0 atom stereocenters. The van der Waals surface area contributed by atoms with Gasteiger partial charge in [-0.25, -0.2) is 0 Å². The molecule has 2 aliphatic rings. The van der Waals surface area contributed by atoms with Crippen molar-refractivity contribution in [2.75, 3.05) is 10.6 Å². The van der Waals surface area contributed by atoms with Gasteiger partial charge in [-0.3, -0.25) is 9.59 Å². The first-order chi connectivity index (χ1) is 12.2. The Hall–Kier alpha value is -2.93. The number of carbonyl (C=O) groups is 2. The number of thioether (sulfide) groups is 1. The molecular formula is C18H14N2O4S. The molecule has 126 valence electrons. The third kappa shape index (κ3) is 3.46. The van der Waals surface area contributed by atoms with Gasteiger partial charge in [0.05, 0.1) is 11.5 Å². The van der Waals surface area contributed by atoms with Crippen LogP contribution in [0.25, 0.3) is 0 Å². The van der Waals surface area contributed by atoms with Crippen LogP contribution in [0.5, 0.6) is 0 Å². The minimum absolute atomic E-state index is 0.262. The van der Waals surface area contributed by atoms with Gasteiger partial charge in [0.15, 0.2) is 11.5 Å². The molecule has 3 aromatic rings. The van der Waals surface area contributed by atoms with E-state index in [2.05, 4.69) is 10.6 Å². The van der Waals surface area contributed by atoms with E-state index in [9.17, 15) is 9.59 Å². The fourth-order valence-electron chi connectivity index (χ4n) is 2.43.